The fourth-order valence-electron chi connectivity index (χ4n) is 3.03. The lowest BCUT2D eigenvalue weighted by molar-refractivity contribution is -0.213. The zero-order valence-corrected chi connectivity index (χ0v) is 11.5. The Bertz CT molecular complexity index is 443. The van der Waals surface area contributed by atoms with Crippen molar-refractivity contribution in [1.29, 1.82) is 0 Å². The zero-order chi connectivity index (χ0) is 13.5. The van der Waals surface area contributed by atoms with Gasteiger partial charge in [0.15, 0.2) is 17.7 Å². The van der Waals surface area contributed by atoms with Gasteiger partial charge in [-0.15, -0.1) is 10.2 Å². The summed E-state index contributed by atoms with van der Waals surface area (Å²) in [5.74, 6) is -2.11. The molecule has 4 aliphatic rings. The van der Waals surface area contributed by atoms with Crippen LogP contribution in [0, 0.1) is 0 Å². The average molecular weight is 270 g/mol. The lowest BCUT2D eigenvalue weighted by atomic mass is 10.1. The van der Waals surface area contributed by atoms with Gasteiger partial charge in [-0.2, -0.15) is 0 Å². The highest BCUT2D eigenvalue weighted by molar-refractivity contribution is 5.10. The van der Waals surface area contributed by atoms with E-state index in [9.17, 15) is 0 Å². The molecule has 7 heteroatoms. The Hall–Kier alpha value is -0.600. The van der Waals surface area contributed by atoms with Crippen LogP contribution in [-0.2, 0) is 23.7 Å². The summed E-state index contributed by atoms with van der Waals surface area (Å²) < 4.78 is 29.2. The Morgan fingerprint density at radius 2 is 1.58 bits per heavy atom. The van der Waals surface area contributed by atoms with Crippen molar-refractivity contribution in [1.82, 2.24) is 0 Å². The van der Waals surface area contributed by atoms with Crippen molar-refractivity contribution < 1.29 is 23.7 Å². The van der Waals surface area contributed by atoms with Gasteiger partial charge in [0.25, 0.3) is 0 Å². The summed E-state index contributed by atoms with van der Waals surface area (Å²) >= 11 is 0. The van der Waals surface area contributed by atoms with Gasteiger partial charge in [-0.1, -0.05) is 0 Å². The SMILES string of the molecule is CC1(C)OC[C@@H]([C@H]2OC3(N=N3)[C@H]3OC(C)(C)O[C@@H]23)O1. The number of hydrogen-bond donors (Lipinski definition) is 0. The predicted molar refractivity (Wildman–Crippen MR) is 61.2 cm³/mol. The van der Waals surface area contributed by atoms with Crippen molar-refractivity contribution in [3.05, 3.63) is 0 Å². The molecule has 3 fully saturated rings. The van der Waals surface area contributed by atoms with Gasteiger partial charge in [0.1, 0.15) is 18.3 Å². The second kappa shape index (κ2) is 3.35. The third-order valence-electron chi connectivity index (χ3n) is 3.83. The lowest BCUT2D eigenvalue weighted by Crippen LogP contribution is -2.40. The summed E-state index contributed by atoms with van der Waals surface area (Å²) in [5.41, 5.74) is 0. The number of rotatable bonds is 1. The first-order chi connectivity index (χ1) is 8.80. The van der Waals surface area contributed by atoms with E-state index in [1.807, 2.05) is 27.7 Å². The van der Waals surface area contributed by atoms with E-state index in [0.29, 0.717) is 6.61 Å². The summed E-state index contributed by atoms with van der Waals surface area (Å²) in [7, 11) is 0. The molecular weight excluding hydrogens is 252 g/mol. The number of hydrogen-bond acceptors (Lipinski definition) is 7. The predicted octanol–water partition coefficient (Wildman–Crippen LogP) is 1.18. The van der Waals surface area contributed by atoms with Gasteiger partial charge in [0.2, 0.25) is 0 Å². The van der Waals surface area contributed by atoms with Gasteiger partial charge >= 0.3 is 5.85 Å². The summed E-state index contributed by atoms with van der Waals surface area (Å²) in [6, 6.07) is 0. The van der Waals surface area contributed by atoms with Gasteiger partial charge in [-0.25, -0.2) is 0 Å². The first-order valence-electron chi connectivity index (χ1n) is 6.60. The Kier molecular flexibility index (Phi) is 2.14. The number of fused-ring (bicyclic) bond motifs is 2. The molecule has 4 aliphatic heterocycles. The summed E-state index contributed by atoms with van der Waals surface area (Å²) in [5, 5.41) is 8.00. The van der Waals surface area contributed by atoms with Gasteiger partial charge in [-0.05, 0) is 27.7 Å². The van der Waals surface area contributed by atoms with E-state index >= 15 is 0 Å². The fourth-order valence-corrected chi connectivity index (χ4v) is 3.03. The van der Waals surface area contributed by atoms with Crippen LogP contribution in [0.25, 0.3) is 0 Å². The van der Waals surface area contributed by atoms with E-state index in [2.05, 4.69) is 10.2 Å². The minimum atomic E-state index is -0.876. The maximum Gasteiger partial charge on any atom is 0.322 e. The van der Waals surface area contributed by atoms with Crippen molar-refractivity contribution in [2.24, 2.45) is 10.2 Å². The smallest absolute Gasteiger partial charge is 0.322 e. The van der Waals surface area contributed by atoms with Crippen molar-refractivity contribution in [3.8, 4) is 0 Å². The monoisotopic (exact) mass is 270 g/mol. The largest absolute Gasteiger partial charge is 0.348 e. The third kappa shape index (κ3) is 1.76. The molecular formula is C12H18N2O5. The maximum atomic E-state index is 5.94. The third-order valence-corrected chi connectivity index (χ3v) is 3.83. The molecule has 4 heterocycles. The topological polar surface area (TPSA) is 70.9 Å². The van der Waals surface area contributed by atoms with Crippen LogP contribution in [0.4, 0.5) is 0 Å². The highest BCUT2D eigenvalue weighted by atomic mass is 16.8. The summed E-state index contributed by atoms with van der Waals surface area (Å²) in [6.45, 7) is 8.01. The molecule has 0 saturated carbocycles. The Morgan fingerprint density at radius 1 is 0.842 bits per heavy atom. The molecule has 106 valence electrons. The molecule has 4 rings (SSSR count). The molecule has 0 unspecified atom stereocenters. The van der Waals surface area contributed by atoms with Crippen molar-refractivity contribution >= 4 is 0 Å². The zero-order valence-electron chi connectivity index (χ0n) is 11.5. The lowest BCUT2D eigenvalue weighted by Gasteiger charge is -2.25. The van der Waals surface area contributed by atoms with Crippen LogP contribution in [0.5, 0.6) is 0 Å². The molecule has 0 aliphatic carbocycles. The molecule has 4 atom stereocenters. The van der Waals surface area contributed by atoms with E-state index < -0.39 is 17.4 Å². The van der Waals surface area contributed by atoms with Gasteiger partial charge in [0, 0.05) is 0 Å². The van der Waals surface area contributed by atoms with Gasteiger partial charge in [0.05, 0.1) is 6.61 Å². The Morgan fingerprint density at radius 3 is 2.16 bits per heavy atom. The standard InChI is InChI=1S/C12H18N2O5/c1-10(2)15-5-6(16-10)7-8-9(12(18-7)13-14-12)19-11(3,4)17-8/h6-9H,5H2,1-4H3/t6-,7+,8-,9-/m0/s1. The first-order valence-corrected chi connectivity index (χ1v) is 6.60. The van der Waals surface area contributed by atoms with Crippen LogP contribution >= 0.6 is 0 Å². The van der Waals surface area contributed by atoms with Crippen molar-refractivity contribution in [3.63, 3.8) is 0 Å². The number of nitrogens with zero attached hydrogens (tertiary/aromatic N) is 2. The molecule has 0 aromatic rings. The van der Waals surface area contributed by atoms with E-state index in [1.54, 1.807) is 0 Å². The summed E-state index contributed by atoms with van der Waals surface area (Å²) in [4.78, 5) is 0. The first kappa shape index (κ1) is 12.2. The highest BCUT2D eigenvalue weighted by Gasteiger charge is 2.70. The van der Waals surface area contributed by atoms with Crippen LogP contribution in [0.1, 0.15) is 27.7 Å². The van der Waals surface area contributed by atoms with E-state index in [4.69, 9.17) is 23.7 Å². The van der Waals surface area contributed by atoms with Crippen molar-refractivity contribution in [2.75, 3.05) is 6.61 Å². The molecule has 3 saturated heterocycles. The van der Waals surface area contributed by atoms with Crippen LogP contribution in [0.2, 0.25) is 0 Å². The molecule has 7 nitrogen and oxygen atoms in total. The molecule has 0 amide bonds. The summed E-state index contributed by atoms with van der Waals surface area (Å²) in [6.07, 6.45) is -0.985. The minimum Gasteiger partial charge on any atom is -0.348 e. The Labute approximate surface area is 111 Å². The molecule has 0 radical (unpaired) electrons. The quantitative estimate of drug-likeness (QED) is 0.715. The van der Waals surface area contributed by atoms with Crippen LogP contribution < -0.4 is 0 Å². The maximum absolute atomic E-state index is 5.94. The van der Waals surface area contributed by atoms with E-state index in [1.165, 1.54) is 0 Å². The fraction of sp³-hybridized carbons (Fsp3) is 1.00. The van der Waals surface area contributed by atoms with Crippen molar-refractivity contribution in [2.45, 2.75) is 69.5 Å². The van der Waals surface area contributed by atoms with Crippen LogP contribution in [-0.4, -0.2) is 48.4 Å². The van der Waals surface area contributed by atoms with Gasteiger partial charge < -0.3 is 23.7 Å². The van der Waals surface area contributed by atoms with Crippen LogP contribution in [0.3, 0.4) is 0 Å². The van der Waals surface area contributed by atoms with E-state index in [-0.39, 0.29) is 24.4 Å². The number of ether oxygens (including phenoxy) is 5. The second-order valence-electron chi connectivity index (χ2n) is 6.33. The molecule has 0 bridgehead atoms. The average Bonchev–Trinajstić information content (AvgIpc) is 2.77. The Balaban J connectivity index is 1.57. The van der Waals surface area contributed by atoms with Gasteiger partial charge in [-0.3, -0.25) is 0 Å². The van der Waals surface area contributed by atoms with E-state index in [0.717, 1.165) is 0 Å². The molecule has 0 aromatic carbocycles. The minimum absolute atomic E-state index is 0.189. The molecule has 19 heavy (non-hydrogen) atoms. The molecule has 0 aromatic heterocycles. The second-order valence-corrected chi connectivity index (χ2v) is 6.33. The van der Waals surface area contributed by atoms with Crippen LogP contribution in [0.15, 0.2) is 10.2 Å². The molecule has 1 spiro atoms. The highest BCUT2D eigenvalue weighted by Crippen LogP contribution is 2.52. The molecule has 0 N–H and O–H groups in total. The normalized spacial score (nSPS) is 47.8.